The summed E-state index contributed by atoms with van der Waals surface area (Å²) in [5.41, 5.74) is 2.08. The van der Waals surface area contributed by atoms with E-state index in [1.807, 2.05) is 27.2 Å². The van der Waals surface area contributed by atoms with Gasteiger partial charge in [-0.25, -0.2) is 24.9 Å². The van der Waals surface area contributed by atoms with Crippen LogP contribution in [0.15, 0.2) is 12.4 Å². The van der Waals surface area contributed by atoms with Crippen molar-refractivity contribution in [3.05, 3.63) is 18.2 Å². The Labute approximate surface area is 170 Å². The highest BCUT2D eigenvalue weighted by atomic mass is 15.3. The maximum Gasteiger partial charge on any atom is 0.184 e. The summed E-state index contributed by atoms with van der Waals surface area (Å²) < 4.78 is 0. The van der Waals surface area contributed by atoms with Crippen molar-refractivity contribution >= 4 is 22.8 Å². The number of aromatic amines is 1. The van der Waals surface area contributed by atoms with Gasteiger partial charge < -0.3 is 25.0 Å². The summed E-state index contributed by atoms with van der Waals surface area (Å²) in [6.45, 7) is 7.56. The van der Waals surface area contributed by atoms with Gasteiger partial charge in [0.05, 0.1) is 12.4 Å². The number of piperazine rings is 1. The maximum absolute atomic E-state index is 4.70. The van der Waals surface area contributed by atoms with Gasteiger partial charge in [0.25, 0.3) is 0 Å². The molecule has 29 heavy (non-hydrogen) atoms. The standard InChI is InChI=1S/C19H28N10/c1-13-23-16-18(20-5-6-27(2)3)25-17(26-19(16)24-13)14-11-22-15(12-21-14)29-9-7-28(4)8-10-29/h11-12H,5-10H2,1-4H3,(H2,20,23,24,25,26). The summed E-state index contributed by atoms with van der Waals surface area (Å²) in [7, 11) is 6.22. The molecule has 0 atom stereocenters. The molecule has 0 spiro atoms. The number of aryl methyl sites for hydroxylation is 1. The number of nitrogens with zero attached hydrogens (tertiary/aromatic N) is 8. The number of aromatic nitrogens is 6. The molecule has 0 saturated carbocycles. The van der Waals surface area contributed by atoms with Crippen molar-refractivity contribution in [3.63, 3.8) is 0 Å². The summed E-state index contributed by atoms with van der Waals surface area (Å²) in [6, 6.07) is 0. The van der Waals surface area contributed by atoms with Gasteiger partial charge in [-0.1, -0.05) is 0 Å². The molecule has 0 amide bonds. The van der Waals surface area contributed by atoms with E-state index in [1.54, 1.807) is 6.20 Å². The van der Waals surface area contributed by atoms with E-state index in [1.165, 1.54) is 0 Å². The molecular weight excluding hydrogens is 368 g/mol. The quantitative estimate of drug-likeness (QED) is 0.627. The van der Waals surface area contributed by atoms with Gasteiger partial charge in [-0.2, -0.15) is 0 Å². The van der Waals surface area contributed by atoms with Crippen LogP contribution in [0.5, 0.6) is 0 Å². The summed E-state index contributed by atoms with van der Waals surface area (Å²) in [4.78, 5) is 32.9. The van der Waals surface area contributed by atoms with E-state index < -0.39 is 0 Å². The number of hydrogen-bond acceptors (Lipinski definition) is 9. The first-order valence-electron chi connectivity index (χ1n) is 9.88. The van der Waals surface area contributed by atoms with Crippen LogP contribution in [0, 0.1) is 6.92 Å². The topological polar surface area (TPSA) is 102 Å². The van der Waals surface area contributed by atoms with Crippen LogP contribution in [-0.4, -0.2) is 100 Å². The SMILES string of the molecule is Cc1nc2nc(-c3cnc(N4CCN(C)CC4)cn3)nc(NCCN(C)C)c2[nH]1. The number of H-pyrrole nitrogens is 1. The maximum atomic E-state index is 4.70. The van der Waals surface area contributed by atoms with Gasteiger partial charge in [0.1, 0.15) is 22.9 Å². The largest absolute Gasteiger partial charge is 0.367 e. The van der Waals surface area contributed by atoms with Crippen LogP contribution in [0.3, 0.4) is 0 Å². The minimum absolute atomic E-state index is 0.522. The monoisotopic (exact) mass is 396 g/mol. The Kier molecular flexibility index (Phi) is 5.54. The number of imidazole rings is 1. The van der Waals surface area contributed by atoms with Crippen LogP contribution in [0.25, 0.3) is 22.7 Å². The third-order valence-electron chi connectivity index (χ3n) is 5.02. The van der Waals surface area contributed by atoms with E-state index in [2.05, 4.69) is 52.0 Å². The van der Waals surface area contributed by atoms with Crippen molar-refractivity contribution in [2.24, 2.45) is 0 Å². The lowest BCUT2D eigenvalue weighted by Gasteiger charge is -2.32. The predicted octanol–water partition coefficient (Wildman–Crippen LogP) is 0.844. The Morgan fingerprint density at radius 1 is 1.07 bits per heavy atom. The Morgan fingerprint density at radius 2 is 1.86 bits per heavy atom. The summed E-state index contributed by atoms with van der Waals surface area (Å²) in [5, 5.41) is 3.38. The first kappa shape index (κ1) is 19.5. The molecule has 10 heteroatoms. The Bertz CT molecular complexity index is 957. The molecule has 1 fully saturated rings. The first-order chi connectivity index (χ1) is 14.0. The van der Waals surface area contributed by atoms with Crippen molar-refractivity contribution < 1.29 is 0 Å². The smallest absolute Gasteiger partial charge is 0.184 e. The molecule has 3 aromatic rings. The highest BCUT2D eigenvalue weighted by molar-refractivity contribution is 5.84. The van der Waals surface area contributed by atoms with E-state index in [0.29, 0.717) is 17.2 Å². The number of likely N-dealkylation sites (N-methyl/N-ethyl adjacent to an activating group) is 2. The normalized spacial score (nSPS) is 15.4. The number of nitrogens with one attached hydrogen (secondary N) is 2. The highest BCUT2D eigenvalue weighted by Gasteiger charge is 2.17. The van der Waals surface area contributed by atoms with Crippen LogP contribution >= 0.6 is 0 Å². The van der Waals surface area contributed by atoms with Gasteiger partial charge >= 0.3 is 0 Å². The van der Waals surface area contributed by atoms with Crippen LogP contribution < -0.4 is 10.2 Å². The van der Waals surface area contributed by atoms with Gasteiger partial charge in [0, 0.05) is 39.3 Å². The fourth-order valence-corrected chi connectivity index (χ4v) is 3.29. The Balaban J connectivity index is 1.59. The second-order valence-electron chi connectivity index (χ2n) is 7.70. The number of fused-ring (bicyclic) bond motifs is 1. The van der Waals surface area contributed by atoms with Crippen molar-refractivity contribution in [2.45, 2.75) is 6.92 Å². The summed E-state index contributed by atoms with van der Waals surface area (Å²) in [6.07, 6.45) is 3.56. The van der Waals surface area contributed by atoms with Crippen molar-refractivity contribution in [1.82, 2.24) is 39.7 Å². The average Bonchev–Trinajstić information content (AvgIpc) is 3.09. The Hall–Kier alpha value is -2.85. The third kappa shape index (κ3) is 4.43. The molecule has 1 aliphatic heterocycles. The Morgan fingerprint density at radius 3 is 2.55 bits per heavy atom. The van der Waals surface area contributed by atoms with Crippen molar-refractivity contribution in [1.29, 1.82) is 0 Å². The zero-order valence-electron chi connectivity index (χ0n) is 17.5. The predicted molar refractivity (Wildman–Crippen MR) is 114 cm³/mol. The number of rotatable bonds is 6. The third-order valence-corrected chi connectivity index (χ3v) is 5.02. The molecule has 0 aliphatic carbocycles. The van der Waals surface area contributed by atoms with Crippen LogP contribution in [0.2, 0.25) is 0 Å². The molecule has 4 rings (SSSR count). The molecule has 10 nitrogen and oxygen atoms in total. The minimum atomic E-state index is 0.522. The molecular formula is C19H28N10. The fourth-order valence-electron chi connectivity index (χ4n) is 3.29. The molecule has 3 aromatic heterocycles. The zero-order valence-corrected chi connectivity index (χ0v) is 17.5. The lowest BCUT2D eigenvalue weighted by atomic mass is 10.3. The lowest BCUT2D eigenvalue weighted by molar-refractivity contribution is 0.312. The van der Waals surface area contributed by atoms with E-state index >= 15 is 0 Å². The first-order valence-corrected chi connectivity index (χ1v) is 9.88. The van der Waals surface area contributed by atoms with Crippen molar-refractivity contribution in [2.75, 3.05) is 70.6 Å². The molecule has 4 heterocycles. The van der Waals surface area contributed by atoms with Crippen LogP contribution in [0.1, 0.15) is 5.82 Å². The second-order valence-corrected chi connectivity index (χ2v) is 7.70. The van der Waals surface area contributed by atoms with Crippen LogP contribution in [0.4, 0.5) is 11.6 Å². The second kappa shape index (κ2) is 8.26. The van der Waals surface area contributed by atoms with E-state index in [4.69, 9.17) is 4.98 Å². The molecule has 2 N–H and O–H groups in total. The zero-order chi connectivity index (χ0) is 20.4. The molecule has 154 valence electrons. The molecule has 0 bridgehead atoms. The summed E-state index contributed by atoms with van der Waals surface area (Å²) >= 11 is 0. The van der Waals surface area contributed by atoms with E-state index in [0.717, 1.165) is 62.2 Å². The molecule has 1 aliphatic rings. The summed E-state index contributed by atoms with van der Waals surface area (Å²) in [5.74, 6) is 2.95. The van der Waals surface area contributed by atoms with Crippen molar-refractivity contribution in [3.8, 4) is 11.5 Å². The molecule has 0 aromatic carbocycles. The molecule has 0 radical (unpaired) electrons. The van der Waals surface area contributed by atoms with Gasteiger partial charge in [0.2, 0.25) is 0 Å². The number of anilines is 2. The fraction of sp³-hybridized carbons (Fsp3) is 0.526. The van der Waals surface area contributed by atoms with E-state index in [9.17, 15) is 0 Å². The van der Waals surface area contributed by atoms with Gasteiger partial charge in [-0.3, -0.25) is 0 Å². The van der Waals surface area contributed by atoms with Gasteiger partial charge in [0.15, 0.2) is 17.3 Å². The average molecular weight is 397 g/mol. The van der Waals surface area contributed by atoms with Gasteiger partial charge in [-0.15, -0.1) is 0 Å². The number of hydrogen-bond donors (Lipinski definition) is 2. The van der Waals surface area contributed by atoms with Crippen LogP contribution in [-0.2, 0) is 0 Å². The van der Waals surface area contributed by atoms with E-state index in [-0.39, 0.29) is 0 Å². The lowest BCUT2D eigenvalue weighted by Crippen LogP contribution is -2.44. The highest BCUT2D eigenvalue weighted by Crippen LogP contribution is 2.23. The minimum Gasteiger partial charge on any atom is -0.367 e. The van der Waals surface area contributed by atoms with Gasteiger partial charge in [-0.05, 0) is 28.1 Å². The molecule has 1 saturated heterocycles. The molecule has 0 unspecified atom stereocenters.